The Labute approximate surface area is 145 Å². The van der Waals surface area contributed by atoms with E-state index in [4.69, 9.17) is 0 Å². The molecule has 0 atom stereocenters. The standard InChI is InChI=1S/C20H28N4/c1-5-15-7-9-19(11-17(15)13-21-3)23-24-20-10-8-16(6-2)18(12-20)14-22-4/h7-12,21-22H,5-6,13-14H2,1-4H3. The van der Waals surface area contributed by atoms with Crippen LogP contribution in [0.3, 0.4) is 0 Å². The van der Waals surface area contributed by atoms with Crippen LogP contribution in [-0.4, -0.2) is 14.1 Å². The minimum Gasteiger partial charge on any atom is -0.316 e. The van der Waals surface area contributed by atoms with Crippen molar-refractivity contribution in [2.24, 2.45) is 10.2 Å². The van der Waals surface area contributed by atoms with Crippen LogP contribution in [0.5, 0.6) is 0 Å². The number of nitrogens with zero attached hydrogens (tertiary/aromatic N) is 2. The van der Waals surface area contributed by atoms with E-state index in [2.05, 4.69) is 59.0 Å². The molecule has 2 aromatic carbocycles. The van der Waals surface area contributed by atoms with Gasteiger partial charge in [-0.05, 0) is 73.5 Å². The van der Waals surface area contributed by atoms with Crippen LogP contribution >= 0.6 is 0 Å². The molecule has 2 N–H and O–H groups in total. The first kappa shape index (κ1) is 18.3. The van der Waals surface area contributed by atoms with Crippen LogP contribution in [0.2, 0.25) is 0 Å². The van der Waals surface area contributed by atoms with Crippen LogP contribution in [0.25, 0.3) is 0 Å². The zero-order valence-corrected chi connectivity index (χ0v) is 15.2. The predicted molar refractivity (Wildman–Crippen MR) is 101 cm³/mol. The van der Waals surface area contributed by atoms with Gasteiger partial charge in [-0.25, -0.2) is 0 Å². The number of nitrogens with one attached hydrogen (secondary N) is 2. The molecule has 4 heteroatoms. The van der Waals surface area contributed by atoms with Crippen LogP contribution in [-0.2, 0) is 25.9 Å². The lowest BCUT2D eigenvalue weighted by atomic mass is 10.0. The molecule has 4 nitrogen and oxygen atoms in total. The van der Waals surface area contributed by atoms with Gasteiger partial charge >= 0.3 is 0 Å². The molecule has 0 aliphatic heterocycles. The summed E-state index contributed by atoms with van der Waals surface area (Å²) < 4.78 is 0. The molecule has 0 amide bonds. The number of benzene rings is 2. The fourth-order valence-corrected chi connectivity index (χ4v) is 2.86. The monoisotopic (exact) mass is 324 g/mol. The first-order valence-corrected chi connectivity index (χ1v) is 8.66. The van der Waals surface area contributed by atoms with E-state index in [1.807, 2.05) is 26.2 Å². The van der Waals surface area contributed by atoms with Gasteiger partial charge in [-0.1, -0.05) is 26.0 Å². The second-order valence-electron chi connectivity index (χ2n) is 5.87. The maximum atomic E-state index is 4.43. The molecule has 0 radical (unpaired) electrons. The lowest BCUT2D eigenvalue weighted by molar-refractivity contribution is 0.805. The van der Waals surface area contributed by atoms with E-state index in [0.717, 1.165) is 37.3 Å². The molecular weight excluding hydrogens is 296 g/mol. The van der Waals surface area contributed by atoms with E-state index in [1.54, 1.807) is 0 Å². The lowest BCUT2D eigenvalue weighted by Gasteiger charge is -2.09. The summed E-state index contributed by atoms with van der Waals surface area (Å²) in [6.07, 6.45) is 2.06. The van der Waals surface area contributed by atoms with Gasteiger partial charge in [-0.2, -0.15) is 10.2 Å². The summed E-state index contributed by atoms with van der Waals surface area (Å²) in [6.45, 7) is 6.05. The topological polar surface area (TPSA) is 48.8 Å². The second kappa shape index (κ2) is 9.30. The zero-order chi connectivity index (χ0) is 17.4. The lowest BCUT2D eigenvalue weighted by Crippen LogP contribution is -2.07. The van der Waals surface area contributed by atoms with Crippen molar-refractivity contribution in [2.45, 2.75) is 39.8 Å². The SMILES string of the molecule is CCc1ccc(N=Nc2ccc(CC)c(CNC)c2)cc1CNC. The average molecular weight is 324 g/mol. The number of rotatable bonds is 8. The second-order valence-corrected chi connectivity index (χ2v) is 5.87. The molecule has 24 heavy (non-hydrogen) atoms. The zero-order valence-electron chi connectivity index (χ0n) is 15.2. The summed E-state index contributed by atoms with van der Waals surface area (Å²) in [6, 6.07) is 12.6. The van der Waals surface area contributed by atoms with Gasteiger partial charge in [0.15, 0.2) is 0 Å². The fourth-order valence-electron chi connectivity index (χ4n) is 2.86. The van der Waals surface area contributed by atoms with E-state index >= 15 is 0 Å². The van der Waals surface area contributed by atoms with Gasteiger partial charge in [0.05, 0.1) is 11.4 Å². The van der Waals surface area contributed by atoms with Crippen molar-refractivity contribution in [3.05, 3.63) is 58.7 Å². The molecule has 128 valence electrons. The summed E-state index contributed by atoms with van der Waals surface area (Å²) in [5, 5.41) is 15.3. The summed E-state index contributed by atoms with van der Waals surface area (Å²) in [7, 11) is 3.93. The summed E-state index contributed by atoms with van der Waals surface area (Å²) >= 11 is 0. The normalized spacial score (nSPS) is 11.3. The van der Waals surface area contributed by atoms with Crippen molar-refractivity contribution in [1.82, 2.24) is 10.6 Å². The third-order valence-electron chi connectivity index (χ3n) is 4.16. The van der Waals surface area contributed by atoms with Crippen LogP contribution in [0.1, 0.15) is 36.1 Å². The Morgan fingerprint density at radius 1 is 0.667 bits per heavy atom. The Hall–Kier alpha value is -2.04. The quantitative estimate of drug-likeness (QED) is 0.693. The van der Waals surface area contributed by atoms with Crippen molar-refractivity contribution in [1.29, 1.82) is 0 Å². The highest BCUT2D eigenvalue weighted by molar-refractivity contribution is 5.47. The van der Waals surface area contributed by atoms with Crippen LogP contribution < -0.4 is 10.6 Å². The van der Waals surface area contributed by atoms with Gasteiger partial charge < -0.3 is 10.6 Å². The molecule has 0 spiro atoms. The van der Waals surface area contributed by atoms with Crippen molar-refractivity contribution < 1.29 is 0 Å². The average Bonchev–Trinajstić information content (AvgIpc) is 2.61. The minimum atomic E-state index is 0.851. The molecule has 0 fully saturated rings. The molecule has 0 aliphatic carbocycles. The third kappa shape index (κ3) is 4.73. The van der Waals surface area contributed by atoms with E-state index < -0.39 is 0 Å². The molecule has 2 aromatic rings. The molecule has 0 bridgehead atoms. The summed E-state index contributed by atoms with van der Waals surface area (Å²) in [5.74, 6) is 0. The summed E-state index contributed by atoms with van der Waals surface area (Å²) in [5.41, 5.74) is 7.07. The Morgan fingerprint density at radius 2 is 1.08 bits per heavy atom. The molecule has 0 aromatic heterocycles. The number of hydrogen-bond acceptors (Lipinski definition) is 4. The van der Waals surface area contributed by atoms with Crippen LogP contribution in [0.15, 0.2) is 46.6 Å². The Balaban J connectivity index is 2.24. The highest BCUT2D eigenvalue weighted by Crippen LogP contribution is 2.24. The van der Waals surface area contributed by atoms with Gasteiger partial charge in [-0.3, -0.25) is 0 Å². The molecule has 0 heterocycles. The van der Waals surface area contributed by atoms with Gasteiger partial charge in [0.25, 0.3) is 0 Å². The summed E-state index contributed by atoms with van der Waals surface area (Å²) in [4.78, 5) is 0. The van der Waals surface area contributed by atoms with E-state index in [0.29, 0.717) is 0 Å². The molecule has 0 unspecified atom stereocenters. The Kier molecular flexibility index (Phi) is 7.09. The molecule has 2 rings (SSSR count). The first-order chi connectivity index (χ1) is 11.7. The third-order valence-corrected chi connectivity index (χ3v) is 4.16. The number of hydrogen-bond donors (Lipinski definition) is 2. The largest absolute Gasteiger partial charge is 0.316 e. The van der Waals surface area contributed by atoms with Crippen LogP contribution in [0, 0.1) is 0 Å². The van der Waals surface area contributed by atoms with E-state index in [1.165, 1.54) is 22.3 Å². The van der Waals surface area contributed by atoms with Gasteiger partial charge in [0.2, 0.25) is 0 Å². The molecule has 0 saturated carbocycles. The van der Waals surface area contributed by atoms with Crippen molar-refractivity contribution in [3.8, 4) is 0 Å². The molecule has 0 aliphatic rings. The van der Waals surface area contributed by atoms with Gasteiger partial charge in [0, 0.05) is 13.1 Å². The van der Waals surface area contributed by atoms with Gasteiger partial charge in [-0.15, -0.1) is 0 Å². The van der Waals surface area contributed by atoms with Gasteiger partial charge in [0.1, 0.15) is 0 Å². The number of aryl methyl sites for hydroxylation is 2. The van der Waals surface area contributed by atoms with Crippen LogP contribution in [0.4, 0.5) is 11.4 Å². The minimum absolute atomic E-state index is 0.851. The number of azo groups is 1. The maximum Gasteiger partial charge on any atom is 0.0860 e. The van der Waals surface area contributed by atoms with E-state index in [-0.39, 0.29) is 0 Å². The fraction of sp³-hybridized carbons (Fsp3) is 0.400. The molecular formula is C20H28N4. The molecule has 0 saturated heterocycles. The Bertz CT molecular complexity index is 633. The smallest absolute Gasteiger partial charge is 0.0860 e. The van der Waals surface area contributed by atoms with Crippen molar-refractivity contribution in [3.63, 3.8) is 0 Å². The van der Waals surface area contributed by atoms with E-state index in [9.17, 15) is 0 Å². The van der Waals surface area contributed by atoms with Crippen molar-refractivity contribution >= 4 is 11.4 Å². The first-order valence-electron chi connectivity index (χ1n) is 8.66. The van der Waals surface area contributed by atoms with Crippen molar-refractivity contribution in [2.75, 3.05) is 14.1 Å². The Morgan fingerprint density at radius 3 is 1.42 bits per heavy atom. The highest BCUT2D eigenvalue weighted by atomic mass is 15.1. The highest BCUT2D eigenvalue weighted by Gasteiger charge is 2.03. The predicted octanol–water partition coefficient (Wildman–Crippen LogP) is 4.67. The maximum absolute atomic E-state index is 4.43.